The van der Waals surface area contributed by atoms with Gasteiger partial charge in [0.2, 0.25) is 5.91 Å². The lowest BCUT2D eigenvalue weighted by Crippen LogP contribution is -2.41. The molecule has 0 aromatic carbocycles. The largest absolute Gasteiger partial charge is 0.395 e. The minimum Gasteiger partial charge on any atom is -0.395 e. The average Bonchev–Trinajstić information content (AvgIpc) is 2.81. The highest BCUT2D eigenvalue weighted by molar-refractivity contribution is 7.99. The van der Waals surface area contributed by atoms with Crippen LogP contribution in [0.5, 0.6) is 0 Å². The van der Waals surface area contributed by atoms with E-state index in [2.05, 4.69) is 10.7 Å². The zero-order valence-corrected chi connectivity index (χ0v) is 11.8. The summed E-state index contributed by atoms with van der Waals surface area (Å²) < 4.78 is 0. The van der Waals surface area contributed by atoms with Gasteiger partial charge in [-0.15, -0.1) is 0 Å². The quantitative estimate of drug-likeness (QED) is 0.798. The fourth-order valence-electron chi connectivity index (χ4n) is 1.55. The summed E-state index contributed by atoms with van der Waals surface area (Å²) in [6.07, 6.45) is 3.23. The highest BCUT2D eigenvalue weighted by Gasteiger charge is 2.16. The molecule has 0 radical (unpaired) electrons. The number of thioether (sulfide) groups is 1. The first kappa shape index (κ1) is 14.5. The van der Waals surface area contributed by atoms with Crippen LogP contribution in [0, 0.1) is 0 Å². The topological polar surface area (TPSA) is 49.3 Å². The highest BCUT2D eigenvalue weighted by Crippen LogP contribution is 2.11. The molecular formula is C12H19NO2S2. The predicted molar refractivity (Wildman–Crippen MR) is 74.6 cm³/mol. The van der Waals surface area contributed by atoms with Crippen molar-refractivity contribution in [1.29, 1.82) is 0 Å². The Bertz CT molecular complexity index is 323. The number of thiophene rings is 1. The molecule has 17 heavy (non-hydrogen) atoms. The molecule has 1 heterocycles. The van der Waals surface area contributed by atoms with Gasteiger partial charge in [-0.1, -0.05) is 0 Å². The lowest BCUT2D eigenvalue weighted by molar-refractivity contribution is -0.121. The molecule has 0 aliphatic rings. The van der Waals surface area contributed by atoms with Crippen LogP contribution in [0.1, 0.15) is 18.9 Å². The smallest absolute Gasteiger partial charge is 0.220 e. The molecule has 1 aromatic heterocycles. The van der Waals surface area contributed by atoms with E-state index in [0.29, 0.717) is 6.42 Å². The predicted octanol–water partition coefficient (Wildman–Crippen LogP) is 1.91. The van der Waals surface area contributed by atoms with E-state index in [1.807, 2.05) is 24.6 Å². The van der Waals surface area contributed by atoms with E-state index in [1.165, 1.54) is 5.56 Å². The van der Waals surface area contributed by atoms with Crippen LogP contribution in [-0.2, 0) is 11.2 Å². The van der Waals surface area contributed by atoms with Gasteiger partial charge in [0.05, 0.1) is 6.61 Å². The van der Waals surface area contributed by atoms with Crippen LogP contribution in [0.3, 0.4) is 0 Å². The van der Waals surface area contributed by atoms with Crippen molar-refractivity contribution in [2.75, 3.05) is 12.9 Å². The number of aliphatic hydroxyl groups excluding tert-OH is 1. The summed E-state index contributed by atoms with van der Waals surface area (Å²) in [6, 6.07) is 2.05. The summed E-state index contributed by atoms with van der Waals surface area (Å²) in [6.45, 7) is 2.02. The van der Waals surface area contributed by atoms with Crippen molar-refractivity contribution >= 4 is 29.0 Å². The summed E-state index contributed by atoms with van der Waals surface area (Å²) in [5, 5.41) is 16.2. The summed E-state index contributed by atoms with van der Waals surface area (Å²) >= 11 is 3.22. The van der Waals surface area contributed by atoms with E-state index in [-0.39, 0.29) is 23.8 Å². The van der Waals surface area contributed by atoms with Crippen LogP contribution in [0.2, 0.25) is 0 Å². The fraction of sp³-hybridized carbons (Fsp3) is 0.583. The highest BCUT2D eigenvalue weighted by atomic mass is 32.2. The van der Waals surface area contributed by atoms with Gasteiger partial charge in [0.25, 0.3) is 0 Å². The maximum atomic E-state index is 11.7. The zero-order chi connectivity index (χ0) is 12.7. The van der Waals surface area contributed by atoms with Gasteiger partial charge in [0.1, 0.15) is 0 Å². The van der Waals surface area contributed by atoms with Gasteiger partial charge in [-0.2, -0.15) is 23.1 Å². The lowest BCUT2D eigenvalue weighted by Gasteiger charge is -2.21. The Labute approximate surface area is 111 Å². The van der Waals surface area contributed by atoms with Crippen LogP contribution in [0.25, 0.3) is 0 Å². The number of rotatable bonds is 7. The number of aryl methyl sites for hydroxylation is 1. The third-order valence-corrected chi connectivity index (χ3v) is 4.54. The first-order valence-electron chi connectivity index (χ1n) is 5.61. The van der Waals surface area contributed by atoms with Gasteiger partial charge < -0.3 is 10.4 Å². The number of hydrogen-bond donors (Lipinski definition) is 2. The maximum Gasteiger partial charge on any atom is 0.220 e. The van der Waals surface area contributed by atoms with E-state index in [9.17, 15) is 4.79 Å². The van der Waals surface area contributed by atoms with Crippen molar-refractivity contribution in [1.82, 2.24) is 5.32 Å². The Kier molecular flexibility index (Phi) is 6.62. The molecule has 0 unspecified atom stereocenters. The molecule has 3 nitrogen and oxygen atoms in total. The first-order valence-corrected chi connectivity index (χ1v) is 7.84. The van der Waals surface area contributed by atoms with Gasteiger partial charge in [0.15, 0.2) is 0 Å². The average molecular weight is 273 g/mol. The molecule has 1 rings (SSSR count). The Morgan fingerprint density at radius 1 is 1.65 bits per heavy atom. The van der Waals surface area contributed by atoms with Crippen molar-refractivity contribution in [2.45, 2.75) is 31.1 Å². The number of nitrogens with one attached hydrogen (secondary N) is 1. The van der Waals surface area contributed by atoms with E-state index in [4.69, 9.17) is 5.11 Å². The molecule has 5 heteroatoms. The maximum absolute atomic E-state index is 11.7. The Balaban J connectivity index is 2.29. The molecule has 0 saturated heterocycles. The van der Waals surface area contributed by atoms with Crippen LogP contribution in [-0.4, -0.2) is 35.2 Å². The summed E-state index contributed by atoms with van der Waals surface area (Å²) in [5.41, 5.74) is 1.21. The SMILES string of the molecule is CS[C@H](CO)[C@@H](C)NC(=O)CCc1ccsc1. The minimum atomic E-state index is 0.00461. The monoisotopic (exact) mass is 273 g/mol. The first-order chi connectivity index (χ1) is 8.17. The number of aliphatic hydroxyl groups is 1. The van der Waals surface area contributed by atoms with Crippen molar-refractivity contribution in [2.24, 2.45) is 0 Å². The van der Waals surface area contributed by atoms with Gasteiger partial charge in [-0.25, -0.2) is 0 Å². The summed E-state index contributed by atoms with van der Waals surface area (Å²) in [7, 11) is 0. The van der Waals surface area contributed by atoms with E-state index >= 15 is 0 Å². The van der Waals surface area contributed by atoms with Gasteiger partial charge >= 0.3 is 0 Å². The van der Waals surface area contributed by atoms with Gasteiger partial charge in [-0.05, 0) is 42.0 Å². The molecule has 1 aromatic rings. The second-order valence-electron chi connectivity index (χ2n) is 3.94. The standard InChI is InChI=1S/C12H19NO2S2/c1-9(11(7-14)16-2)13-12(15)4-3-10-5-6-17-8-10/h5-6,8-9,11,14H,3-4,7H2,1-2H3,(H,13,15)/t9-,11-/m1/s1. The van der Waals surface area contributed by atoms with Crippen molar-refractivity contribution in [3.05, 3.63) is 22.4 Å². The molecule has 1 amide bonds. The van der Waals surface area contributed by atoms with E-state index < -0.39 is 0 Å². The van der Waals surface area contributed by atoms with E-state index in [1.54, 1.807) is 23.1 Å². The normalized spacial score (nSPS) is 14.3. The number of carbonyl (C=O) groups is 1. The third-order valence-electron chi connectivity index (χ3n) is 2.65. The summed E-state index contributed by atoms with van der Waals surface area (Å²) in [4.78, 5) is 11.7. The van der Waals surface area contributed by atoms with Crippen LogP contribution in [0.4, 0.5) is 0 Å². The number of carbonyl (C=O) groups excluding carboxylic acids is 1. The second-order valence-corrected chi connectivity index (χ2v) is 5.80. The molecule has 0 aliphatic carbocycles. The molecule has 0 fully saturated rings. The number of amides is 1. The second kappa shape index (κ2) is 7.74. The van der Waals surface area contributed by atoms with Crippen LogP contribution < -0.4 is 5.32 Å². The van der Waals surface area contributed by atoms with E-state index in [0.717, 1.165) is 6.42 Å². The molecule has 2 atom stereocenters. The Hall–Kier alpha value is -0.520. The molecule has 0 bridgehead atoms. The van der Waals surface area contributed by atoms with Crippen LogP contribution in [0.15, 0.2) is 16.8 Å². The van der Waals surface area contributed by atoms with Crippen molar-refractivity contribution in [3.8, 4) is 0 Å². The third kappa shape index (κ3) is 5.10. The Morgan fingerprint density at radius 3 is 2.94 bits per heavy atom. The molecule has 0 spiro atoms. The van der Waals surface area contributed by atoms with Crippen molar-refractivity contribution in [3.63, 3.8) is 0 Å². The lowest BCUT2D eigenvalue weighted by atomic mass is 10.1. The van der Waals surface area contributed by atoms with Gasteiger partial charge in [0, 0.05) is 17.7 Å². The Morgan fingerprint density at radius 2 is 2.41 bits per heavy atom. The molecule has 96 valence electrons. The molecule has 0 aliphatic heterocycles. The fourth-order valence-corrected chi connectivity index (χ4v) is 2.88. The molecule has 0 saturated carbocycles. The molecule has 2 N–H and O–H groups in total. The zero-order valence-electron chi connectivity index (χ0n) is 10.2. The molecular weight excluding hydrogens is 254 g/mol. The van der Waals surface area contributed by atoms with Gasteiger partial charge in [-0.3, -0.25) is 4.79 Å². The number of hydrogen-bond acceptors (Lipinski definition) is 4. The van der Waals surface area contributed by atoms with Crippen molar-refractivity contribution < 1.29 is 9.90 Å². The summed E-state index contributed by atoms with van der Waals surface area (Å²) in [5.74, 6) is 0.0520. The minimum absolute atomic E-state index is 0.00461. The van der Waals surface area contributed by atoms with Crippen LogP contribution >= 0.6 is 23.1 Å².